The van der Waals surface area contributed by atoms with Crippen molar-refractivity contribution in [1.82, 2.24) is 4.72 Å². The molecule has 11 nitrogen and oxygen atoms in total. The quantitative estimate of drug-likeness (QED) is 0.167. The lowest BCUT2D eigenvalue weighted by Gasteiger charge is -2.19. The monoisotopic (exact) mass is 621 g/mol. The van der Waals surface area contributed by atoms with Crippen molar-refractivity contribution in [3.8, 4) is 11.1 Å². The van der Waals surface area contributed by atoms with Crippen molar-refractivity contribution in [2.75, 3.05) is 10.6 Å². The van der Waals surface area contributed by atoms with E-state index in [9.17, 15) is 27.9 Å². The molecule has 0 aliphatic heterocycles. The summed E-state index contributed by atoms with van der Waals surface area (Å²) < 4.78 is 38.9. The lowest BCUT2D eigenvalue weighted by Crippen LogP contribution is -2.44. The predicted octanol–water partition coefficient (Wildman–Crippen LogP) is 6.40. The lowest BCUT2D eigenvalue weighted by molar-refractivity contribution is -0.140. The highest BCUT2D eigenvalue weighted by molar-refractivity contribution is 7.89. The second-order valence-corrected chi connectivity index (χ2v) is 13.3. The number of carbonyl (C=O) groups excluding carboxylic acids is 2. The standard InChI is InChI=1S/C32H35N3O8S/c1-18(2)27(30(37)38)35-44(40,41)23-16-12-21(13-17-23)20-10-14-22(15-11-20)33-29(36)28-19(3)26-24(8-7-9-25(26)42-28)34-31(39)43-32(4,5)6/h7-18,27,35H,1-6H3,(H,33,36)(H,34,39)(H,37,38). The molecular weight excluding hydrogens is 586 g/mol. The van der Waals surface area contributed by atoms with Crippen LogP contribution in [0, 0.1) is 12.8 Å². The third-order valence-electron chi connectivity index (χ3n) is 6.65. The Bertz CT molecular complexity index is 1800. The fraction of sp³-hybridized carbons (Fsp3) is 0.281. The molecule has 44 heavy (non-hydrogen) atoms. The number of carboxylic acids is 1. The van der Waals surface area contributed by atoms with Crippen LogP contribution in [0.3, 0.4) is 0 Å². The summed E-state index contributed by atoms with van der Waals surface area (Å²) in [5.74, 6) is -2.06. The van der Waals surface area contributed by atoms with Crippen LogP contribution in [0.15, 0.2) is 76.0 Å². The molecule has 0 saturated heterocycles. The number of aliphatic carboxylic acids is 1. The molecule has 0 radical (unpaired) electrons. The van der Waals surface area contributed by atoms with Gasteiger partial charge in [0.15, 0.2) is 5.76 Å². The molecule has 0 aliphatic rings. The normalized spacial score (nSPS) is 12.6. The summed E-state index contributed by atoms with van der Waals surface area (Å²) in [4.78, 5) is 36.9. The number of fused-ring (bicyclic) bond motifs is 1. The SMILES string of the molecule is Cc1c(C(=O)Nc2ccc(-c3ccc(S(=O)(=O)NC(C(=O)O)C(C)C)cc3)cc2)oc2cccc(NC(=O)OC(C)(C)C)c12. The van der Waals surface area contributed by atoms with E-state index < -0.39 is 45.6 Å². The highest BCUT2D eigenvalue weighted by Crippen LogP contribution is 2.33. The molecule has 12 heteroatoms. The van der Waals surface area contributed by atoms with Crippen molar-refractivity contribution >= 4 is 50.3 Å². The van der Waals surface area contributed by atoms with Gasteiger partial charge in [-0.2, -0.15) is 4.72 Å². The maximum absolute atomic E-state index is 13.2. The average Bonchev–Trinajstić information content (AvgIpc) is 3.28. The Morgan fingerprint density at radius 1 is 0.886 bits per heavy atom. The Labute approximate surface area is 255 Å². The number of rotatable bonds is 9. The van der Waals surface area contributed by atoms with Crippen molar-refractivity contribution in [1.29, 1.82) is 0 Å². The number of hydrogen-bond donors (Lipinski definition) is 4. The van der Waals surface area contributed by atoms with Crippen molar-refractivity contribution in [3.05, 3.63) is 78.1 Å². The summed E-state index contributed by atoms with van der Waals surface area (Å²) in [6, 6.07) is 16.8. The van der Waals surface area contributed by atoms with E-state index in [1.54, 1.807) is 96.1 Å². The zero-order valence-electron chi connectivity index (χ0n) is 25.2. The van der Waals surface area contributed by atoms with E-state index in [0.717, 1.165) is 11.1 Å². The van der Waals surface area contributed by atoms with Crippen LogP contribution in [0.2, 0.25) is 0 Å². The Balaban J connectivity index is 1.47. The number of anilines is 2. The Hall–Kier alpha value is -4.68. The number of ether oxygens (including phenoxy) is 1. The summed E-state index contributed by atoms with van der Waals surface area (Å²) >= 11 is 0. The summed E-state index contributed by atoms with van der Waals surface area (Å²) in [5, 5.41) is 15.5. The number of hydrogen-bond acceptors (Lipinski definition) is 7. The van der Waals surface area contributed by atoms with Gasteiger partial charge in [0.25, 0.3) is 5.91 Å². The molecule has 1 aromatic heterocycles. The van der Waals surface area contributed by atoms with Crippen LogP contribution in [0.25, 0.3) is 22.1 Å². The number of sulfonamides is 1. The van der Waals surface area contributed by atoms with Gasteiger partial charge in [-0.05, 0) is 81.1 Å². The van der Waals surface area contributed by atoms with Gasteiger partial charge in [-0.25, -0.2) is 13.2 Å². The largest absolute Gasteiger partial charge is 0.480 e. The number of benzene rings is 3. The van der Waals surface area contributed by atoms with Crippen LogP contribution in [-0.2, 0) is 19.6 Å². The predicted molar refractivity (Wildman–Crippen MR) is 167 cm³/mol. The van der Waals surface area contributed by atoms with Gasteiger partial charge in [0.1, 0.15) is 17.2 Å². The van der Waals surface area contributed by atoms with Crippen LogP contribution in [0.4, 0.5) is 16.2 Å². The van der Waals surface area contributed by atoms with E-state index in [1.807, 2.05) is 0 Å². The molecule has 232 valence electrons. The molecule has 1 atom stereocenters. The minimum absolute atomic E-state index is 0.0531. The lowest BCUT2D eigenvalue weighted by atomic mass is 10.1. The van der Waals surface area contributed by atoms with Gasteiger partial charge in [-0.15, -0.1) is 0 Å². The summed E-state index contributed by atoms with van der Waals surface area (Å²) in [5.41, 5.74) is 2.75. The number of carbonyl (C=O) groups is 3. The molecule has 3 aromatic carbocycles. The third-order valence-corrected chi connectivity index (χ3v) is 8.11. The van der Waals surface area contributed by atoms with Gasteiger partial charge in [-0.3, -0.25) is 14.9 Å². The highest BCUT2D eigenvalue weighted by Gasteiger charge is 2.28. The van der Waals surface area contributed by atoms with Gasteiger partial charge >= 0.3 is 12.1 Å². The van der Waals surface area contributed by atoms with Crippen LogP contribution in [-0.4, -0.2) is 43.1 Å². The van der Waals surface area contributed by atoms with Crippen LogP contribution in [0.1, 0.15) is 50.7 Å². The molecule has 0 fully saturated rings. The summed E-state index contributed by atoms with van der Waals surface area (Å²) in [6.45, 7) is 10.3. The minimum Gasteiger partial charge on any atom is -0.480 e. The average molecular weight is 622 g/mol. The molecule has 4 rings (SSSR count). The van der Waals surface area contributed by atoms with Gasteiger partial charge < -0.3 is 19.6 Å². The van der Waals surface area contributed by atoms with Gasteiger partial charge in [0.2, 0.25) is 10.0 Å². The first-order chi connectivity index (χ1) is 20.6. The van der Waals surface area contributed by atoms with Gasteiger partial charge in [0, 0.05) is 16.6 Å². The zero-order valence-corrected chi connectivity index (χ0v) is 26.0. The smallest absolute Gasteiger partial charge is 0.412 e. The van der Waals surface area contributed by atoms with Crippen molar-refractivity contribution < 1.29 is 37.1 Å². The van der Waals surface area contributed by atoms with Crippen molar-refractivity contribution in [2.45, 2.75) is 58.1 Å². The molecule has 2 amide bonds. The molecule has 1 heterocycles. The first-order valence-electron chi connectivity index (χ1n) is 13.8. The van der Waals surface area contributed by atoms with Crippen molar-refractivity contribution in [3.63, 3.8) is 0 Å². The van der Waals surface area contributed by atoms with E-state index in [1.165, 1.54) is 12.1 Å². The molecule has 1 unspecified atom stereocenters. The van der Waals surface area contributed by atoms with E-state index in [0.29, 0.717) is 27.9 Å². The Kier molecular flexibility index (Phi) is 9.17. The van der Waals surface area contributed by atoms with Crippen LogP contribution >= 0.6 is 0 Å². The minimum atomic E-state index is -4.04. The maximum atomic E-state index is 13.2. The highest BCUT2D eigenvalue weighted by atomic mass is 32.2. The molecule has 0 bridgehead atoms. The van der Waals surface area contributed by atoms with Crippen LogP contribution < -0.4 is 15.4 Å². The molecular formula is C32H35N3O8S. The van der Waals surface area contributed by atoms with E-state index in [-0.39, 0.29) is 10.7 Å². The van der Waals surface area contributed by atoms with E-state index in [4.69, 9.17) is 9.15 Å². The number of furan rings is 1. The molecule has 0 saturated carbocycles. The molecule has 4 N–H and O–H groups in total. The van der Waals surface area contributed by atoms with E-state index in [2.05, 4.69) is 15.4 Å². The number of aryl methyl sites for hydroxylation is 1. The zero-order chi connectivity index (χ0) is 32.4. The summed E-state index contributed by atoms with van der Waals surface area (Å²) in [6.07, 6.45) is -0.623. The first kappa shape index (κ1) is 32.2. The molecule has 0 spiro atoms. The Morgan fingerprint density at radius 2 is 1.48 bits per heavy atom. The number of carboxylic acid groups (broad SMARTS) is 1. The molecule has 4 aromatic rings. The number of nitrogens with one attached hydrogen (secondary N) is 3. The summed E-state index contributed by atoms with van der Waals surface area (Å²) in [7, 11) is -4.04. The Morgan fingerprint density at radius 3 is 2.02 bits per heavy atom. The third kappa shape index (κ3) is 7.44. The van der Waals surface area contributed by atoms with Gasteiger partial charge in [0.05, 0.1) is 10.6 Å². The van der Waals surface area contributed by atoms with Crippen molar-refractivity contribution in [2.24, 2.45) is 5.92 Å². The molecule has 0 aliphatic carbocycles. The second kappa shape index (κ2) is 12.5. The van der Waals surface area contributed by atoms with Crippen LogP contribution in [0.5, 0.6) is 0 Å². The van der Waals surface area contributed by atoms with Gasteiger partial charge in [-0.1, -0.05) is 44.2 Å². The van der Waals surface area contributed by atoms with E-state index >= 15 is 0 Å². The second-order valence-electron chi connectivity index (χ2n) is 11.6. The topological polar surface area (TPSA) is 164 Å². The fourth-order valence-corrected chi connectivity index (χ4v) is 5.84. The first-order valence-corrected chi connectivity index (χ1v) is 15.3. The fourth-order valence-electron chi connectivity index (χ4n) is 4.50. The maximum Gasteiger partial charge on any atom is 0.412 e. The number of amides is 2.